The molecule has 1 rings (SSSR count). The van der Waals surface area contributed by atoms with Crippen molar-refractivity contribution in [1.29, 1.82) is 0 Å². The molecule has 0 aromatic carbocycles. The minimum absolute atomic E-state index is 0.0901. The molecule has 0 aliphatic heterocycles. The Bertz CT molecular complexity index is 389. The molecule has 0 fully saturated rings. The Morgan fingerprint density at radius 1 is 1.31 bits per heavy atom. The van der Waals surface area contributed by atoms with Crippen molar-refractivity contribution in [1.82, 2.24) is 4.98 Å². The van der Waals surface area contributed by atoms with Gasteiger partial charge in [0.05, 0.1) is 13.3 Å². The van der Waals surface area contributed by atoms with Crippen molar-refractivity contribution >= 4 is 0 Å². The highest BCUT2D eigenvalue weighted by Crippen LogP contribution is 2.41. The van der Waals surface area contributed by atoms with Gasteiger partial charge < -0.3 is 4.74 Å². The smallest absolute Gasteiger partial charge is 0.422 e. The third kappa shape index (κ3) is 2.20. The van der Waals surface area contributed by atoms with Crippen LogP contribution in [0.4, 0.5) is 26.3 Å². The molecule has 0 radical (unpaired) electrons. The molecular formula is C8H5F6NO. The number of pyridine rings is 1. The maximum Gasteiger partial charge on any atom is 0.422 e. The van der Waals surface area contributed by atoms with Crippen molar-refractivity contribution in [2.45, 2.75) is 12.6 Å². The highest BCUT2D eigenvalue weighted by atomic mass is 19.4. The monoisotopic (exact) mass is 245 g/mol. The lowest BCUT2D eigenvalue weighted by molar-refractivity contribution is -0.141. The number of rotatable bonds is 2. The van der Waals surface area contributed by atoms with Gasteiger partial charge in [0.15, 0.2) is 11.6 Å². The van der Waals surface area contributed by atoms with E-state index in [4.69, 9.17) is 0 Å². The van der Waals surface area contributed by atoms with E-state index in [9.17, 15) is 26.3 Å². The van der Waals surface area contributed by atoms with E-state index in [0.717, 1.165) is 7.11 Å². The first-order valence-corrected chi connectivity index (χ1v) is 3.86. The molecule has 1 aromatic heterocycles. The molecule has 1 aromatic rings. The second-order valence-electron chi connectivity index (χ2n) is 2.70. The van der Waals surface area contributed by atoms with E-state index < -0.39 is 35.4 Å². The summed E-state index contributed by atoms with van der Waals surface area (Å²) < 4.78 is 78.6. The number of hydrogen-bond donors (Lipinski definition) is 0. The fourth-order valence-corrected chi connectivity index (χ4v) is 1.11. The van der Waals surface area contributed by atoms with Crippen LogP contribution in [-0.4, -0.2) is 12.1 Å². The maximum atomic E-state index is 12.9. The summed E-state index contributed by atoms with van der Waals surface area (Å²) in [6.07, 6.45) is -8.31. The molecule has 0 atom stereocenters. The molecule has 0 amide bonds. The number of halogens is 6. The molecule has 0 unspecified atom stereocenters. The van der Waals surface area contributed by atoms with E-state index in [2.05, 4.69) is 9.72 Å². The molecule has 0 aliphatic rings. The van der Waals surface area contributed by atoms with E-state index in [1.165, 1.54) is 0 Å². The fourth-order valence-electron chi connectivity index (χ4n) is 1.11. The van der Waals surface area contributed by atoms with Gasteiger partial charge in [-0.3, -0.25) is 0 Å². The van der Waals surface area contributed by atoms with Gasteiger partial charge in [0.1, 0.15) is 11.3 Å². The van der Waals surface area contributed by atoms with Crippen molar-refractivity contribution < 1.29 is 31.1 Å². The van der Waals surface area contributed by atoms with Crippen LogP contribution < -0.4 is 4.74 Å². The van der Waals surface area contributed by atoms with Gasteiger partial charge in [0.2, 0.25) is 0 Å². The van der Waals surface area contributed by atoms with Crippen LogP contribution in [0, 0.1) is 5.82 Å². The minimum Gasteiger partial charge on any atom is -0.494 e. The summed E-state index contributed by atoms with van der Waals surface area (Å²) in [6, 6.07) is 0. The first-order valence-electron chi connectivity index (χ1n) is 3.86. The predicted molar refractivity (Wildman–Crippen MR) is 40.7 cm³/mol. The molecule has 2 nitrogen and oxygen atoms in total. The van der Waals surface area contributed by atoms with Crippen LogP contribution in [0.1, 0.15) is 17.7 Å². The number of methoxy groups -OCH3 is 1. The quantitative estimate of drug-likeness (QED) is 0.746. The SMILES string of the molecule is COc1c(C(F)F)ncc(F)c1C(F)(F)F. The molecule has 0 saturated heterocycles. The van der Waals surface area contributed by atoms with Gasteiger partial charge in [-0.2, -0.15) is 13.2 Å². The van der Waals surface area contributed by atoms with Gasteiger partial charge in [-0.15, -0.1) is 0 Å². The Hall–Kier alpha value is -1.47. The van der Waals surface area contributed by atoms with E-state index >= 15 is 0 Å². The molecule has 0 aliphatic carbocycles. The van der Waals surface area contributed by atoms with E-state index in [-0.39, 0.29) is 6.20 Å². The Kier molecular flexibility index (Phi) is 3.30. The van der Waals surface area contributed by atoms with Gasteiger partial charge in [-0.25, -0.2) is 18.2 Å². The number of aromatic nitrogens is 1. The molecule has 1 heterocycles. The van der Waals surface area contributed by atoms with Crippen LogP contribution in [0.25, 0.3) is 0 Å². The second kappa shape index (κ2) is 4.18. The van der Waals surface area contributed by atoms with Crippen molar-refractivity contribution in [3.05, 3.63) is 23.3 Å². The summed E-state index contributed by atoms with van der Waals surface area (Å²) in [5, 5.41) is 0. The van der Waals surface area contributed by atoms with Crippen molar-refractivity contribution in [2.24, 2.45) is 0 Å². The number of hydrogen-bond acceptors (Lipinski definition) is 2. The standard InChI is InChI=1S/C8H5F6NO/c1-16-6-4(8(12,13)14)3(9)2-15-5(6)7(10)11/h2,7H,1H3. The van der Waals surface area contributed by atoms with Crippen molar-refractivity contribution in [3.63, 3.8) is 0 Å². The predicted octanol–water partition coefficient (Wildman–Crippen LogP) is 3.19. The van der Waals surface area contributed by atoms with Gasteiger partial charge in [-0.1, -0.05) is 0 Å². The fraction of sp³-hybridized carbons (Fsp3) is 0.375. The zero-order valence-electron chi connectivity index (χ0n) is 7.78. The average Bonchev–Trinajstić information content (AvgIpc) is 2.14. The topological polar surface area (TPSA) is 22.1 Å². The summed E-state index contributed by atoms with van der Waals surface area (Å²) in [6.45, 7) is 0. The Balaban J connectivity index is 3.51. The summed E-state index contributed by atoms with van der Waals surface area (Å²) in [5.74, 6) is -3.05. The first kappa shape index (κ1) is 12.6. The summed E-state index contributed by atoms with van der Waals surface area (Å²) in [7, 11) is 0.734. The molecular weight excluding hydrogens is 240 g/mol. The first-order chi connectivity index (χ1) is 7.29. The zero-order valence-corrected chi connectivity index (χ0v) is 7.78. The lowest BCUT2D eigenvalue weighted by atomic mass is 10.2. The van der Waals surface area contributed by atoms with E-state index in [0.29, 0.717) is 0 Å². The average molecular weight is 245 g/mol. The van der Waals surface area contributed by atoms with Crippen molar-refractivity contribution in [2.75, 3.05) is 7.11 Å². The summed E-state index contributed by atoms with van der Waals surface area (Å²) >= 11 is 0. The molecule has 8 heteroatoms. The third-order valence-corrected chi connectivity index (χ3v) is 1.71. The second-order valence-corrected chi connectivity index (χ2v) is 2.70. The molecule has 16 heavy (non-hydrogen) atoms. The number of nitrogens with zero attached hydrogens (tertiary/aromatic N) is 1. The normalized spacial score (nSPS) is 12.0. The molecule has 0 saturated carbocycles. The Morgan fingerprint density at radius 3 is 2.25 bits per heavy atom. The number of ether oxygens (including phenoxy) is 1. The minimum atomic E-state index is -5.12. The molecule has 0 N–H and O–H groups in total. The van der Waals surface area contributed by atoms with Crippen molar-refractivity contribution in [3.8, 4) is 5.75 Å². The van der Waals surface area contributed by atoms with Crippen LogP contribution in [0.3, 0.4) is 0 Å². The molecule has 0 bridgehead atoms. The lowest BCUT2D eigenvalue weighted by Crippen LogP contribution is -2.13. The van der Waals surface area contributed by atoms with Crippen LogP contribution >= 0.6 is 0 Å². The van der Waals surface area contributed by atoms with Gasteiger partial charge in [0.25, 0.3) is 6.43 Å². The van der Waals surface area contributed by atoms with Crippen LogP contribution in [0.5, 0.6) is 5.75 Å². The number of alkyl halides is 5. The third-order valence-electron chi connectivity index (χ3n) is 1.71. The van der Waals surface area contributed by atoms with E-state index in [1.54, 1.807) is 0 Å². The van der Waals surface area contributed by atoms with E-state index in [1.807, 2.05) is 0 Å². The van der Waals surface area contributed by atoms with Crippen LogP contribution in [0.2, 0.25) is 0 Å². The van der Waals surface area contributed by atoms with Gasteiger partial charge in [-0.05, 0) is 0 Å². The molecule has 0 spiro atoms. The zero-order chi connectivity index (χ0) is 12.5. The maximum absolute atomic E-state index is 12.9. The highest BCUT2D eigenvalue weighted by molar-refractivity contribution is 5.40. The van der Waals surface area contributed by atoms with Gasteiger partial charge >= 0.3 is 6.18 Å². The highest BCUT2D eigenvalue weighted by Gasteiger charge is 2.40. The molecule has 90 valence electrons. The van der Waals surface area contributed by atoms with Crippen LogP contribution in [0.15, 0.2) is 6.20 Å². The summed E-state index contributed by atoms with van der Waals surface area (Å²) in [5.41, 5.74) is -3.11. The van der Waals surface area contributed by atoms with Gasteiger partial charge in [0, 0.05) is 0 Å². The summed E-state index contributed by atoms with van der Waals surface area (Å²) in [4.78, 5) is 2.87. The lowest BCUT2D eigenvalue weighted by Gasteiger charge is -2.15. The Morgan fingerprint density at radius 2 is 1.88 bits per heavy atom. The van der Waals surface area contributed by atoms with Crippen LogP contribution in [-0.2, 0) is 6.18 Å². The Labute approximate surface area is 85.9 Å². The largest absolute Gasteiger partial charge is 0.494 e.